The third-order valence-corrected chi connectivity index (χ3v) is 6.07. The largest absolute Gasteiger partial charge is 0.353 e. The van der Waals surface area contributed by atoms with E-state index in [-0.39, 0.29) is 11.7 Å². The Balaban J connectivity index is 1.31. The van der Waals surface area contributed by atoms with Crippen molar-refractivity contribution in [3.63, 3.8) is 0 Å². The van der Waals surface area contributed by atoms with Gasteiger partial charge in [-0.3, -0.25) is 4.79 Å². The molecule has 0 bridgehead atoms. The number of aromatic nitrogens is 2. The van der Waals surface area contributed by atoms with Crippen LogP contribution in [0.1, 0.15) is 36.2 Å². The number of fused-ring (bicyclic) bond motifs is 1. The molecule has 0 aliphatic heterocycles. The topological polar surface area (TPSA) is 46.9 Å². The van der Waals surface area contributed by atoms with Crippen LogP contribution in [-0.2, 0) is 17.8 Å². The van der Waals surface area contributed by atoms with Crippen molar-refractivity contribution in [1.29, 1.82) is 0 Å². The molecule has 1 aromatic heterocycles. The average Bonchev–Trinajstić information content (AvgIpc) is 3.20. The van der Waals surface area contributed by atoms with Crippen LogP contribution in [-0.4, -0.2) is 22.0 Å². The van der Waals surface area contributed by atoms with Gasteiger partial charge in [-0.25, -0.2) is 9.37 Å². The molecule has 0 radical (unpaired) electrons. The van der Waals surface area contributed by atoms with E-state index in [1.165, 1.54) is 6.07 Å². The number of carbonyl (C=O) groups excluding carboxylic acids is 1. The van der Waals surface area contributed by atoms with Crippen LogP contribution in [0.5, 0.6) is 0 Å². The van der Waals surface area contributed by atoms with E-state index < -0.39 is 0 Å². The Bertz CT molecular complexity index is 1260. The van der Waals surface area contributed by atoms with Gasteiger partial charge in [0.2, 0.25) is 5.91 Å². The molecule has 34 heavy (non-hydrogen) atoms. The smallest absolute Gasteiger partial charge is 0.243 e. The Morgan fingerprint density at radius 2 is 1.76 bits per heavy atom. The molecular formula is C28H27ClFN3O. The van der Waals surface area contributed by atoms with Gasteiger partial charge < -0.3 is 9.88 Å². The first-order valence-electron chi connectivity index (χ1n) is 11.5. The number of carbonyl (C=O) groups is 1. The van der Waals surface area contributed by atoms with Gasteiger partial charge in [0, 0.05) is 29.6 Å². The molecule has 6 heteroatoms. The van der Waals surface area contributed by atoms with Crippen LogP contribution in [0.4, 0.5) is 4.39 Å². The van der Waals surface area contributed by atoms with Crippen molar-refractivity contribution in [3.8, 4) is 0 Å². The number of halogens is 2. The summed E-state index contributed by atoms with van der Waals surface area (Å²) in [5, 5.41) is 3.34. The molecular weight excluding hydrogens is 449 g/mol. The summed E-state index contributed by atoms with van der Waals surface area (Å²) in [6.45, 7) is 0.963. The van der Waals surface area contributed by atoms with Crippen LogP contribution >= 0.6 is 11.6 Å². The van der Waals surface area contributed by atoms with Crippen LogP contribution < -0.4 is 5.32 Å². The molecule has 1 heterocycles. The maximum atomic E-state index is 14.4. The fourth-order valence-electron chi connectivity index (χ4n) is 3.93. The molecule has 4 aromatic rings. The number of rotatable bonds is 10. The van der Waals surface area contributed by atoms with Gasteiger partial charge in [0.15, 0.2) is 0 Å². The van der Waals surface area contributed by atoms with E-state index >= 15 is 0 Å². The first kappa shape index (κ1) is 23.7. The van der Waals surface area contributed by atoms with Crippen LogP contribution in [0.25, 0.3) is 17.1 Å². The van der Waals surface area contributed by atoms with Crippen molar-refractivity contribution < 1.29 is 9.18 Å². The fourth-order valence-corrected chi connectivity index (χ4v) is 4.15. The molecule has 1 N–H and O–H groups in total. The summed E-state index contributed by atoms with van der Waals surface area (Å²) in [5.74, 6) is 0.510. The van der Waals surface area contributed by atoms with E-state index in [9.17, 15) is 9.18 Å². The zero-order valence-electron chi connectivity index (χ0n) is 18.9. The Kier molecular flexibility index (Phi) is 8.10. The molecule has 4 rings (SSSR count). The van der Waals surface area contributed by atoms with Crippen molar-refractivity contribution >= 4 is 34.6 Å². The number of para-hydroxylation sites is 2. The quantitative estimate of drug-likeness (QED) is 0.212. The summed E-state index contributed by atoms with van der Waals surface area (Å²) in [6.07, 6.45) is 6.89. The van der Waals surface area contributed by atoms with Gasteiger partial charge in [0.25, 0.3) is 0 Å². The van der Waals surface area contributed by atoms with E-state index in [0.717, 1.165) is 48.1 Å². The average molecular weight is 476 g/mol. The predicted octanol–water partition coefficient (Wildman–Crippen LogP) is 6.42. The van der Waals surface area contributed by atoms with Crippen LogP contribution in [0.2, 0.25) is 5.02 Å². The fraction of sp³-hybridized carbons (Fsp3) is 0.214. The first-order valence-corrected chi connectivity index (χ1v) is 11.9. The van der Waals surface area contributed by atoms with E-state index in [0.29, 0.717) is 23.7 Å². The number of imidazole rings is 1. The number of hydrogen-bond donors (Lipinski definition) is 1. The Hall–Kier alpha value is -3.44. The lowest BCUT2D eigenvalue weighted by atomic mass is 10.1. The highest BCUT2D eigenvalue weighted by Crippen LogP contribution is 2.24. The van der Waals surface area contributed by atoms with E-state index in [4.69, 9.17) is 16.6 Å². The minimum atomic E-state index is -0.312. The molecule has 0 unspecified atom stereocenters. The van der Waals surface area contributed by atoms with Crippen molar-refractivity contribution in [2.45, 2.75) is 32.2 Å². The number of benzene rings is 3. The molecule has 1 amide bonds. The third-order valence-electron chi connectivity index (χ3n) is 5.71. The normalized spacial score (nSPS) is 11.4. The SMILES string of the molecule is O=C(/C=C/c1ccccc1)NCCCCCc1nc2ccccc2n1Cc1c(F)cccc1Cl. The Labute approximate surface area is 204 Å². The second kappa shape index (κ2) is 11.6. The second-order valence-corrected chi connectivity index (χ2v) is 8.56. The van der Waals surface area contributed by atoms with Crippen LogP contribution in [0.3, 0.4) is 0 Å². The number of nitrogens with one attached hydrogen (secondary N) is 1. The number of aryl methyl sites for hydroxylation is 1. The Morgan fingerprint density at radius 1 is 0.971 bits per heavy atom. The molecule has 0 fully saturated rings. The van der Waals surface area contributed by atoms with Gasteiger partial charge in [-0.1, -0.05) is 66.6 Å². The van der Waals surface area contributed by atoms with Gasteiger partial charge in [-0.15, -0.1) is 0 Å². The highest BCUT2D eigenvalue weighted by atomic mass is 35.5. The van der Waals surface area contributed by atoms with Gasteiger partial charge in [0.05, 0.1) is 17.6 Å². The monoisotopic (exact) mass is 475 g/mol. The van der Waals surface area contributed by atoms with Gasteiger partial charge in [-0.05, 0) is 48.7 Å². The van der Waals surface area contributed by atoms with Crippen molar-refractivity contribution in [2.75, 3.05) is 6.54 Å². The summed E-state index contributed by atoms with van der Waals surface area (Å²) in [7, 11) is 0. The van der Waals surface area contributed by atoms with Crippen molar-refractivity contribution in [1.82, 2.24) is 14.9 Å². The molecule has 0 saturated carbocycles. The van der Waals surface area contributed by atoms with E-state index in [2.05, 4.69) is 9.88 Å². The molecule has 0 atom stereocenters. The summed E-state index contributed by atoms with van der Waals surface area (Å²) in [5.41, 5.74) is 3.33. The van der Waals surface area contributed by atoms with Crippen LogP contribution in [0.15, 0.2) is 78.9 Å². The highest BCUT2D eigenvalue weighted by molar-refractivity contribution is 6.31. The molecule has 4 nitrogen and oxygen atoms in total. The predicted molar refractivity (Wildman–Crippen MR) is 136 cm³/mol. The lowest BCUT2D eigenvalue weighted by Crippen LogP contribution is -2.22. The summed E-state index contributed by atoms with van der Waals surface area (Å²) >= 11 is 6.28. The van der Waals surface area contributed by atoms with Gasteiger partial charge in [0.1, 0.15) is 11.6 Å². The zero-order valence-corrected chi connectivity index (χ0v) is 19.6. The standard InChI is InChI=1S/C28H27ClFN3O/c29-23-12-9-13-24(30)22(23)20-33-26-15-7-6-14-25(26)32-27(33)16-5-2-8-19-31-28(34)18-17-21-10-3-1-4-11-21/h1,3-4,6-7,9-15,17-18H,2,5,8,16,19-20H2,(H,31,34)/b18-17+. The summed E-state index contributed by atoms with van der Waals surface area (Å²) < 4.78 is 16.5. The number of amides is 1. The zero-order chi connectivity index (χ0) is 23.8. The third kappa shape index (κ3) is 6.12. The van der Waals surface area contributed by atoms with Crippen LogP contribution in [0, 0.1) is 5.82 Å². The number of hydrogen-bond acceptors (Lipinski definition) is 2. The molecule has 174 valence electrons. The van der Waals surface area contributed by atoms with Crippen molar-refractivity contribution in [3.05, 3.63) is 107 Å². The lowest BCUT2D eigenvalue weighted by molar-refractivity contribution is -0.116. The minimum absolute atomic E-state index is 0.0904. The van der Waals surface area contributed by atoms with Gasteiger partial charge in [-0.2, -0.15) is 0 Å². The van der Waals surface area contributed by atoms with E-state index in [1.807, 2.05) is 60.7 Å². The lowest BCUT2D eigenvalue weighted by Gasteiger charge is -2.12. The minimum Gasteiger partial charge on any atom is -0.353 e. The van der Waals surface area contributed by atoms with Crippen molar-refractivity contribution in [2.24, 2.45) is 0 Å². The molecule has 0 saturated heterocycles. The molecule has 3 aromatic carbocycles. The van der Waals surface area contributed by atoms with E-state index in [1.54, 1.807) is 18.2 Å². The first-order chi connectivity index (χ1) is 16.6. The summed E-state index contributed by atoms with van der Waals surface area (Å²) in [6, 6.07) is 22.4. The summed E-state index contributed by atoms with van der Waals surface area (Å²) in [4.78, 5) is 16.8. The Morgan fingerprint density at radius 3 is 2.59 bits per heavy atom. The molecule has 0 spiro atoms. The maximum Gasteiger partial charge on any atom is 0.243 e. The number of nitrogens with zero attached hydrogens (tertiary/aromatic N) is 2. The molecule has 0 aliphatic rings. The van der Waals surface area contributed by atoms with Gasteiger partial charge >= 0.3 is 0 Å². The second-order valence-electron chi connectivity index (χ2n) is 8.15. The molecule has 0 aliphatic carbocycles. The number of unbranched alkanes of at least 4 members (excludes halogenated alkanes) is 2. The maximum absolute atomic E-state index is 14.4. The highest BCUT2D eigenvalue weighted by Gasteiger charge is 2.14.